The third kappa shape index (κ3) is 5.62. The molecule has 2 aromatic carbocycles. The smallest absolute Gasteiger partial charge is 0.416 e. The molecule has 4 nitrogen and oxygen atoms in total. The molecule has 2 aliphatic rings. The zero-order valence-electron chi connectivity index (χ0n) is 21.3. The maximum absolute atomic E-state index is 13.7. The minimum atomic E-state index is -4.63. The van der Waals surface area contributed by atoms with Crippen molar-refractivity contribution in [1.29, 1.82) is 0 Å². The number of hydrogen-bond donors (Lipinski definition) is 0. The topological polar surface area (TPSA) is 32.8 Å². The molecule has 0 aromatic heterocycles. The van der Waals surface area contributed by atoms with Gasteiger partial charge in [-0.1, -0.05) is 31.5 Å². The number of carbonyl (C=O) groups is 1. The molecule has 0 spiro atoms. The fraction of sp³-hybridized carbons (Fsp3) is 0.519. The number of rotatable bonds is 6. The number of benzene rings is 2. The Hall–Kier alpha value is -2.82. The molecule has 1 unspecified atom stereocenters. The molecule has 208 valence electrons. The molecule has 2 aromatic rings. The molecule has 0 aliphatic carbocycles. The van der Waals surface area contributed by atoms with E-state index >= 15 is 0 Å². The van der Waals surface area contributed by atoms with E-state index in [-0.39, 0.29) is 42.7 Å². The number of likely N-dealkylation sites (tertiary alicyclic amines) is 1. The Bertz CT molecular complexity index is 1190. The van der Waals surface area contributed by atoms with Gasteiger partial charge < -0.3 is 4.74 Å². The average molecular weight is 547 g/mol. The van der Waals surface area contributed by atoms with E-state index < -0.39 is 47.9 Å². The summed E-state index contributed by atoms with van der Waals surface area (Å²) >= 11 is 0. The average Bonchev–Trinajstić information content (AvgIpc) is 3.05. The van der Waals surface area contributed by atoms with Gasteiger partial charge in [-0.3, -0.25) is 9.80 Å². The van der Waals surface area contributed by atoms with Crippen molar-refractivity contribution in [2.45, 2.75) is 71.0 Å². The summed E-state index contributed by atoms with van der Waals surface area (Å²) in [6.45, 7) is 6.92. The van der Waals surface area contributed by atoms with Gasteiger partial charge in [-0.25, -0.2) is 9.18 Å². The number of hydrogen-bond acceptors (Lipinski definition) is 3. The van der Waals surface area contributed by atoms with Crippen LogP contribution >= 0.6 is 0 Å². The van der Waals surface area contributed by atoms with E-state index in [2.05, 4.69) is 0 Å². The van der Waals surface area contributed by atoms with Gasteiger partial charge in [-0.2, -0.15) is 26.3 Å². The minimum Gasteiger partial charge on any atom is -0.439 e. The van der Waals surface area contributed by atoms with Crippen LogP contribution in [0.25, 0.3) is 0 Å². The van der Waals surface area contributed by atoms with Crippen LogP contribution in [0.15, 0.2) is 36.4 Å². The second-order valence-corrected chi connectivity index (χ2v) is 10.5. The highest BCUT2D eigenvalue weighted by Crippen LogP contribution is 2.41. The van der Waals surface area contributed by atoms with E-state index in [1.807, 2.05) is 18.7 Å². The fourth-order valence-electron chi connectivity index (χ4n) is 5.35. The van der Waals surface area contributed by atoms with E-state index in [4.69, 9.17) is 4.74 Å². The van der Waals surface area contributed by atoms with Gasteiger partial charge in [0.25, 0.3) is 0 Å². The molecular formula is C27H29F7N2O2. The van der Waals surface area contributed by atoms with Crippen molar-refractivity contribution < 1.29 is 40.3 Å². The van der Waals surface area contributed by atoms with Gasteiger partial charge in [-0.05, 0) is 60.7 Å². The highest BCUT2D eigenvalue weighted by atomic mass is 19.4. The second-order valence-electron chi connectivity index (χ2n) is 10.5. The summed E-state index contributed by atoms with van der Waals surface area (Å²) in [5.74, 6) is -0.0678. The Morgan fingerprint density at radius 3 is 2.16 bits per heavy atom. The first-order valence-corrected chi connectivity index (χ1v) is 12.3. The first-order valence-electron chi connectivity index (χ1n) is 12.3. The van der Waals surface area contributed by atoms with Crippen LogP contribution < -0.4 is 0 Å². The second kappa shape index (κ2) is 10.1. The molecule has 1 amide bonds. The molecule has 11 heteroatoms. The van der Waals surface area contributed by atoms with Crippen LogP contribution in [0.1, 0.15) is 66.3 Å². The number of ether oxygens (including phenoxy) is 1. The maximum Gasteiger partial charge on any atom is 0.416 e. The predicted molar refractivity (Wildman–Crippen MR) is 126 cm³/mol. The van der Waals surface area contributed by atoms with Crippen LogP contribution in [0, 0.1) is 12.8 Å². The molecular weight excluding hydrogens is 517 g/mol. The van der Waals surface area contributed by atoms with Crippen molar-refractivity contribution in [3.05, 3.63) is 69.8 Å². The van der Waals surface area contributed by atoms with Crippen molar-refractivity contribution in [1.82, 2.24) is 9.80 Å². The van der Waals surface area contributed by atoms with Crippen molar-refractivity contribution in [3.8, 4) is 0 Å². The summed E-state index contributed by atoms with van der Waals surface area (Å²) in [7, 11) is 0. The van der Waals surface area contributed by atoms with Crippen LogP contribution in [-0.4, -0.2) is 41.2 Å². The zero-order chi connectivity index (χ0) is 28.2. The lowest BCUT2D eigenvalue weighted by Crippen LogP contribution is -2.51. The van der Waals surface area contributed by atoms with Crippen molar-refractivity contribution in [2.75, 3.05) is 13.1 Å². The summed E-state index contributed by atoms with van der Waals surface area (Å²) in [6.07, 6.45) is -12.1. The number of cyclic esters (lactones) is 1. The highest BCUT2D eigenvalue weighted by Gasteiger charge is 2.43. The molecule has 0 saturated carbocycles. The van der Waals surface area contributed by atoms with Gasteiger partial charge in [0.15, 0.2) is 0 Å². The molecule has 4 rings (SSSR count). The van der Waals surface area contributed by atoms with Crippen LogP contribution in [0.2, 0.25) is 0 Å². The predicted octanol–water partition coefficient (Wildman–Crippen LogP) is 7.47. The summed E-state index contributed by atoms with van der Waals surface area (Å²) in [5, 5.41) is 0. The van der Waals surface area contributed by atoms with Crippen LogP contribution in [0.4, 0.5) is 35.5 Å². The summed E-state index contributed by atoms with van der Waals surface area (Å²) in [6, 6.07) is 5.59. The van der Waals surface area contributed by atoms with Crippen molar-refractivity contribution in [3.63, 3.8) is 0 Å². The van der Waals surface area contributed by atoms with Crippen molar-refractivity contribution >= 4 is 6.09 Å². The number of halogens is 7. The van der Waals surface area contributed by atoms with Gasteiger partial charge in [0.1, 0.15) is 12.3 Å². The van der Waals surface area contributed by atoms with Crippen LogP contribution in [-0.2, 0) is 23.6 Å². The van der Waals surface area contributed by atoms with Crippen molar-refractivity contribution in [2.24, 2.45) is 5.92 Å². The third-order valence-electron chi connectivity index (χ3n) is 7.17. The lowest BCUT2D eigenvalue weighted by Gasteiger charge is -2.43. The molecule has 2 saturated heterocycles. The SMILES string of the molecule is Cc1cc([C@H]2OC(=O)N(Cc3cc(C(F)(F)F)ccc3C(C(C)C)N3CC(F)C3)[C@H]2C)cc(C(F)(F)F)c1. The standard InChI is InChI=1S/C27H29F7N2O2/c1-14(2)23(35-12-21(28)13-35)22-6-5-19(26(29,30)31)10-18(22)11-36-16(4)24(38-25(36)37)17-7-15(3)8-20(9-17)27(32,33)34/h5-10,14,16,21,23-24H,11-13H2,1-4H3/t16-,23?,24-/m0/s1. The van der Waals surface area contributed by atoms with Gasteiger partial charge in [-0.15, -0.1) is 0 Å². The number of amides is 1. The van der Waals surface area contributed by atoms with Gasteiger partial charge >= 0.3 is 18.4 Å². The lowest BCUT2D eigenvalue weighted by atomic mass is 9.87. The molecule has 0 bridgehead atoms. The quantitative estimate of drug-likeness (QED) is 0.353. The summed E-state index contributed by atoms with van der Waals surface area (Å²) in [5.41, 5.74) is -0.522. The molecule has 38 heavy (non-hydrogen) atoms. The Kier molecular flexibility index (Phi) is 7.46. The first-order chi connectivity index (χ1) is 17.6. The lowest BCUT2D eigenvalue weighted by molar-refractivity contribution is -0.138. The summed E-state index contributed by atoms with van der Waals surface area (Å²) in [4.78, 5) is 16.0. The molecule has 2 heterocycles. The van der Waals surface area contributed by atoms with E-state index in [1.54, 1.807) is 6.92 Å². The number of carbonyl (C=O) groups excluding carboxylic acids is 1. The van der Waals surface area contributed by atoms with Crippen LogP contribution in [0.3, 0.4) is 0 Å². The third-order valence-corrected chi connectivity index (χ3v) is 7.17. The largest absolute Gasteiger partial charge is 0.439 e. The van der Waals surface area contributed by atoms with E-state index in [0.717, 1.165) is 24.3 Å². The Morgan fingerprint density at radius 2 is 1.61 bits per heavy atom. The maximum atomic E-state index is 13.7. The molecule has 0 radical (unpaired) electrons. The van der Waals surface area contributed by atoms with Crippen LogP contribution in [0.5, 0.6) is 0 Å². The Morgan fingerprint density at radius 1 is 0.974 bits per heavy atom. The molecule has 0 N–H and O–H groups in total. The van der Waals surface area contributed by atoms with E-state index in [9.17, 15) is 35.5 Å². The molecule has 2 fully saturated rings. The minimum absolute atomic E-state index is 0.0678. The van der Waals surface area contributed by atoms with E-state index in [1.165, 1.54) is 24.0 Å². The highest BCUT2D eigenvalue weighted by molar-refractivity contribution is 5.71. The van der Waals surface area contributed by atoms with Gasteiger partial charge in [0.2, 0.25) is 0 Å². The van der Waals surface area contributed by atoms with Gasteiger partial charge in [0.05, 0.1) is 17.2 Å². The zero-order valence-corrected chi connectivity index (χ0v) is 21.3. The monoisotopic (exact) mass is 546 g/mol. The number of aryl methyl sites for hydroxylation is 1. The first kappa shape index (κ1) is 28.2. The van der Waals surface area contributed by atoms with E-state index in [0.29, 0.717) is 11.1 Å². The Labute approximate surface area is 216 Å². The number of nitrogens with zero attached hydrogens (tertiary/aromatic N) is 2. The Balaban J connectivity index is 1.69. The molecule has 2 aliphatic heterocycles. The number of alkyl halides is 7. The normalized spacial score (nSPS) is 22.1. The molecule has 3 atom stereocenters. The summed E-state index contributed by atoms with van der Waals surface area (Å²) < 4.78 is 100. The fourth-order valence-corrected chi connectivity index (χ4v) is 5.35. The van der Waals surface area contributed by atoms with Gasteiger partial charge in [0, 0.05) is 25.7 Å².